The Kier molecular flexibility index (Phi) is 4.59. The van der Waals surface area contributed by atoms with Gasteiger partial charge in [0.15, 0.2) is 0 Å². The lowest BCUT2D eigenvalue weighted by Gasteiger charge is -2.52. The predicted molar refractivity (Wildman–Crippen MR) is 87.8 cm³/mol. The van der Waals surface area contributed by atoms with Gasteiger partial charge in [0.25, 0.3) is 0 Å². The van der Waals surface area contributed by atoms with Crippen LogP contribution in [0.1, 0.15) is 39.3 Å². The maximum atomic E-state index is 11.2. The van der Waals surface area contributed by atoms with E-state index < -0.39 is 5.60 Å². The monoisotopic (exact) mass is 291 g/mol. The Morgan fingerprint density at radius 3 is 2.62 bits per heavy atom. The van der Waals surface area contributed by atoms with Crippen LogP contribution in [-0.2, 0) is 6.42 Å². The number of likely N-dealkylation sites (N-methyl/N-ethyl adjacent to an activating group) is 1. The summed E-state index contributed by atoms with van der Waals surface area (Å²) < 4.78 is 0. The smallest absolute Gasteiger partial charge is 0.0999 e. The van der Waals surface area contributed by atoms with Gasteiger partial charge in [0.2, 0.25) is 0 Å². The Morgan fingerprint density at radius 1 is 1.38 bits per heavy atom. The van der Waals surface area contributed by atoms with Gasteiger partial charge in [-0.15, -0.1) is 0 Å². The van der Waals surface area contributed by atoms with E-state index in [1.165, 1.54) is 0 Å². The summed E-state index contributed by atoms with van der Waals surface area (Å²) in [4.78, 5) is 8.87. The maximum Gasteiger partial charge on any atom is 0.0999 e. The zero-order chi connectivity index (χ0) is 15.7. The van der Waals surface area contributed by atoms with Crippen LogP contribution in [0.3, 0.4) is 0 Å². The number of anilines is 1. The third kappa shape index (κ3) is 3.06. The number of aromatic nitrogens is 1. The van der Waals surface area contributed by atoms with Gasteiger partial charge in [0.1, 0.15) is 0 Å². The highest BCUT2D eigenvalue weighted by Gasteiger charge is 2.47. The third-order valence-electron chi connectivity index (χ3n) is 5.26. The molecule has 0 radical (unpaired) electrons. The summed E-state index contributed by atoms with van der Waals surface area (Å²) >= 11 is 0. The molecule has 0 bridgehead atoms. The van der Waals surface area contributed by atoms with Gasteiger partial charge in [-0.25, -0.2) is 0 Å². The van der Waals surface area contributed by atoms with Gasteiger partial charge in [-0.05, 0) is 59.3 Å². The lowest BCUT2D eigenvalue weighted by Crippen LogP contribution is -2.65. The molecule has 4 nitrogen and oxygen atoms in total. The Balaban J connectivity index is 2.20. The topological polar surface area (TPSA) is 39.6 Å². The van der Waals surface area contributed by atoms with E-state index in [0.29, 0.717) is 6.54 Å². The average Bonchev–Trinajstić information content (AvgIpc) is 2.47. The van der Waals surface area contributed by atoms with Crippen LogP contribution < -0.4 is 4.90 Å². The van der Waals surface area contributed by atoms with E-state index in [1.807, 2.05) is 20.3 Å². The summed E-state index contributed by atoms with van der Waals surface area (Å²) in [5.74, 6) is 0. The number of β-amino-alcohol motifs (C(OH)–C–C–N with tert-alkyl or cyclic N) is 1. The zero-order valence-corrected chi connectivity index (χ0v) is 14.1. The van der Waals surface area contributed by atoms with Crippen molar-refractivity contribution in [1.82, 2.24) is 9.88 Å². The molecular formula is C17H29N3O. The second kappa shape index (κ2) is 5.93. The van der Waals surface area contributed by atoms with E-state index in [-0.39, 0.29) is 5.54 Å². The van der Waals surface area contributed by atoms with Crippen LogP contribution in [0, 0.1) is 0 Å². The molecule has 2 heterocycles. The number of nitrogens with zero attached hydrogens (tertiary/aromatic N) is 3. The minimum atomic E-state index is -0.710. The molecule has 1 N–H and O–H groups in total. The molecule has 2 rings (SSSR count). The second-order valence-electron chi connectivity index (χ2n) is 6.87. The fourth-order valence-electron chi connectivity index (χ4n) is 2.99. The lowest BCUT2D eigenvalue weighted by molar-refractivity contribution is -0.0882. The highest BCUT2D eigenvalue weighted by atomic mass is 16.3. The molecule has 0 unspecified atom stereocenters. The van der Waals surface area contributed by atoms with E-state index in [9.17, 15) is 5.11 Å². The van der Waals surface area contributed by atoms with Crippen molar-refractivity contribution in [3.8, 4) is 0 Å². The van der Waals surface area contributed by atoms with Crippen molar-refractivity contribution in [2.75, 3.05) is 32.1 Å². The van der Waals surface area contributed by atoms with Crippen molar-refractivity contribution in [3.63, 3.8) is 0 Å². The van der Waals surface area contributed by atoms with Gasteiger partial charge in [-0.2, -0.15) is 0 Å². The largest absolute Gasteiger partial charge is 0.386 e. The fraction of sp³-hybridized carbons (Fsp3) is 0.706. The van der Waals surface area contributed by atoms with E-state index in [1.54, 1.807) is 0 Å². The van der Waals surface area contributed by atoms with Crippen molar-refractivity contribution in [2.45, 2.75) is 51.2 Å². The number of aliphatic hydroxyl groups is 1. The molecular weight excluding hydrogens is 262 g/mol. The first-order valence-corrected chi connectivity index (χ1v) is 7.90. The average molecular weight is 291 g/mol. The fourth-order valence-corrected chi connectivity index (χ4v) is 2.99. The summed E-state index contributed by atoms with van der Waals surface area (Å²) in [7, 11) is 4.07. The molecule has 0 saturated carbocycles. The third-order valence-corrected chi connectivity index (χ3v) is 5.26. The Labute approximate surface area is 128 Å². The standard InChI is InChI=1S/C17H29N3O/c1-6-14-8-9-15(12-18-14)20-11-7-10-17(21,13-20)16(2,3)19(4)5/h8-9,12,21H,6-7,10-11,13H2,1-5H3/t17-/m0/s1. The van der Waals surface area contributed by atoms with Crippen molar-refractivity contribution in [1.29, 1.82) is 0 Å². The molecule has 0 amide bonds. The molecule has 1 saturated heterocycles. The quantitative estimate of drug-likeness (QED) is 0.924. The van der Waals surface area contributed by atoms with Crippen LogP contribution >= 0.6 is 0 Å². The molecule has 1 atom stereocenters. The van der Waals surface area contributed by atoms with Crippen LogP contribution in [0.2, 0.25) is 0 Å². The predicted octanol–water partition coefficient (Wildman–Crippen LogP) is 2.32. The summed E-state index contributed by atoms with van der Waals surface area (Å²) in [6.45, 7) is 8.00. The van der Waals surface area contributed by atoms with E-state index in [0.717, 1.165) is 37.2 Å². The zero-order valence-electron chi connectivity index (χ0n) is 14.1. The van der Waals surface area contributed by atoms with Crippen LogP contribution in [0.15, 0.2) is 18.3 Å². The van der Waals surface area contributed by atoms with Crippen molar-refractivity contribution < 1.29 is 5.11 Å². The van der Waals surface area contributed by atoms with Crippen LogP contribution in [-0.4, -0.2) is 53.3 Å². The van der Waals surface area contributed by atoms with Gasteiger partial charge in [0.05, 0.1) is 17.5 Å². The molecule has 4 heteroatoms. The molecule has 0 spiro atoms. The minimum Gasteiger partial charge on any atom is -0.386 e. The Hall–Kier alpha value is -1.13. The van der Waals surface area contributed by atoms with Gasteiger partial charge in [0, 0.05) is 24.3 Å². The van der Waals surface area contributed by atoms with E-state index in [2.05, 4.69) is 47.7 Å². The number of hydrogen-bond acceptors (Lipinski definition) is 4. The summed E-state index contributed by atoms with van der Waals surface area (Å²) in [6, 6.07) is 4.21. The van der Waals surface area contributed by atoms with Crippen LogP contribution in [0.4, 0.5) is 5.69 Å². The Morgan fingerprint density at radius 2 is 2.10 bits per heavy atom. The normalized spacial score (nSPS) is 23.7. The summed E-state index contributed by atoms with van der Waals surface area (Å²) in [6.07, 6.45) is 4.74. The van der Waals surface area contributed by atoms with Gasteiger partial charge < -0.3 is 14.9 Å². The van der Waals surface area contributed by atoms with Gasteiger partial charge >= 0.3 is 0 Å². The first-order chi connectivity index (χ1) is 9.80. The van der Waals surface area contributed by atoms with E-state index >= 15 is 0 Å². The van der Waals surface area contributed by atoms with Crippen molar-refractivity contribution in [2.24, 2.45) is 0 Å². The molecule has 1 aromatic heterocycles. The maximum absolute atomic E-state index is 11.2. The Bertz CT molecular complexity index is 469. The first kappa shape index (κ1) is 16.2. The second-order valence-corrected chi connectivity index (χ2v) is 6.87. The summed E-state index contributed by atoms with van der Waals surface area (Å²) in [5, 5.41) is 11.2. The van der Waals surface area contributed by atoms with Crippen LogP contribution in [0.25, 0.3) is 0 Å². The van der Waals surface area contributed by atoms with Gasteiger partial charge in [-0.3, -0.25) is 4.98 Å². The lowest BCUT2D eigenvalue weighted by atomic mass is 9.76. The molecule has 1 aliphatic heterocycles. The van der Waals surface area contributed by atoms with Gasteiger partial charge in [-0.1, -0.05) is 6.92 Å². The number of rotatable bonds is 4. The summed E-state index contributed by atoms with van der Waals surface area (Å²) in [5.41, 5.74) is 1.25. The van der Waals surface area contributed by atoms with E-state index in [4.69, 9.17) is 0 Å². The van der Waals surface area contributed by atoms with Crippen molar-refractivity contribution in [3.05, 3.63) is 24.0 Å². The number of piperidine rings is 1. The minimum absolute atomic E-state index is 0.261. The number of hydrogen-bond donors (Lipinski definition) is 1. The molecule has 0 aromatic carbocycles. The highest BCUT2D eigenvalue weighted by molar-refractivity contribution is 5.46. The molecule has 118 valence electrons. The number of aryl methyl sites for hydroxylation is 1. The molecule has 1 aliphatic rings. The SMILES string of the molecule is CCc1ccc(N2CCC[C@@](O)(C(C)(C)N(C)C)C2)cn1. The highest BCUT2D eigenvalue weighted by Crippen LogP contribution is 2.36. The number of pyridine rings is 1. The van der Waals surface area contributed by atoms with Crippen molar-refractivity contribution >= 4 is 5.69 Å². The van der Waals surface area contributed by atoms with Crippen LogP contribution in [0.5, 0.6) is 0 Å². The molecule has 0 aliphatic carbocycles. The molecule has 1 fully saturated rings. The molecule has 21 heavy (non-hydrogen) atoms. The molecule has 1 aromatic rings. The first-order valence-electron chi connectivity index (χ1n) is 7.90.